The zero-order chi connectivity index (χ0) is 14.8. The molecule has 1 N–H and O–H groups in total. The van der Waals surface area contributed by atoms with E-state index in [9.17, 15) is 13.2 Å². The minimum atomic E-state index is -3.64. The van der Waals surface area contributed by atoms with E-state index in [-0.39, 0.29) is 23.4 Å². The van der Waals surface area contributed by atoms with Gasteiger partial charge in [0.05, 0.1) is 5.69 Å². The Bertz CT molecular complexity index is 640. The van der Waals surface area contributed by atoms with Crippen LogP contribution in [0.5, 0.6) is 0 Å². The van der Waals surface area contributed by atoms with Gasteiger partial charge in [0.25, 0.3) is 10.0 Å². The van der Waals surface area contributed by atoms with Gasteiger partial charge in [0.2, 0.25) is 5.91 Å². The average Bonchev–Trinajstić information content (AvgIpc) is 2.42. The fraction of sp³-hybridized carbons (Fsp3) is 0.385. The maximum Gasteiger partial charge on any atom is 0.285 e. The van der Waals surface area contributed by atoms with E-state index in [2.05, 4.69) is 9.71 Å². The first-order chi connectivity index (χ1) is 9.44. The standard InChI is InChI=1S/C13H17N3O3S/c1-3-10(2)15-13(17)8-16-9-14-20(18,19)12-7-5-4-6-11(12)16/h4-7,9-10H,3,8H2,1-2H3,(H,15,17). The lowest BCUT2D eigenvalue weighted by atomic mass is 10.2. The van der Waals surface area contributed by atoms with Gasteiger partial charge in [-0.25, -0.2) is 0 Å². The summed E-state index contributed by atoms with van der Waals surface area (Å²) in [5, 5.41) is 2.84. The third kappa shape index (κ3) is 2.98. The topological polar surface area (TPSA) is 78.8 Å². The second-order valence-electron chi connectivity index (χ2n) is 4.67. The molecule has 0 saturated heterocycles. The van der Waals surface area contributed by atoms with Crippen LogP contribution in [0.3, 0.4) is 0 Å². The number of sulfonamides is 1. The van der Waals surface area contributed by atoms with Gasteiger partial charge in [0, 0.05) is 6.04 Å². The first-order valence-corrected chi connectivity index (χ1v) is 7.83. The summed E-state index contributed by atoms with van der Waals surface area (Å²) in [4.78, 5) is 13.5. The van der Waals surface area contributed by atoms with E-state index in [4.69, 9.17) is 0 Å². The smallest absolute Gasteiger partial charge is 0.285 e. The van der Waals surface area contributed by atoms with Crippen molar-refractivity contribution < 1.29 is 13.2 Å². The molecule has 108 valence electrons. The van der Waals surface area contributed by atoms with Crippen LogP contribution < -0.4 is 10.2 Å². The second-order valence-corrected chi connectivity index (χ2v) is 6.27. The van der Waals surface area contributed by atoms with Gasteiger partial charge in [-0.3, -0.25) is 4.79 Å². The molecule has 1 aromatic rings. The highest BCUT2D eigenvalue weighted by molar-refractivity contribution is 7.90. The number of anilines is 1. The van der Waals surface area contributed by atoms with E-state index < -0.39 is 10.0 Å². The number of benzene rings is 1. The number of nitrogens with zero attached hydrogens (tertiary/aromatic N) is 2. The van der Waals surface area contributed by atoms with Gasteiger partial charge in [-0.2, -0.15) is 8.42 Å². The number of amides is 1. The summed E-state index contributed by atoms with van der Waals surface area (Å²) in [7, 11) is -3.64. The van der Waals surface area contributed by atoms with Crippen LogP contribution in [-0.4, -0.2) is 33.3 Å². The highest BCUT2D eigenvalue weighted by Crippen LogP contribution is 2.28. The highest BCUT2D eigenvalue weighted by atomic mass is 32.2. The van der Waals surface area contributed by atoms with Crippen LogP contribution in [0, 0.1) is 0 Å². The van der Waals surface area contributed by atoms with Crippen LogP contribution in [-0.2, 0) is 14.8 Å². The van der Waals surface area contributed by atoms with E-state index in [1.807, 2.05) is 13.8 Å². The van der Waals surface area contributed by atoms with Crippen LogP contribution >= 0.6 is 0 Å². The Morgan fingerprint density at radius 1 is 1.40 bits per heavy atom. The Morgan fingerprint density at radius 3 is 2.80 bits per heavy atom. The van der Waals surface area contributed by atoms with Crippen molar-refractivity contribution in [3.05, 3.63) is 24.3 Å². The van der Waals surface area contributed by atoms with E-state index in [1.54, 1.807) is 18.2 Å². The summed E-state index contributed by atoms with van der Waals surface area (Å²) in [6.45, 7) is 3.94. The molecule has 1 heterocycles. The van der Waals surface area contributed by atoms with E-state index in [1.165, 1.54) is 17.3 Å². The molecule has 1 aliphatic heterocycles. The van der Waals surface area contributed by atoms with Crippen molar-refractivity contribution >= 4 is 28.0 Å². The Kier molecular flexibility index (Phi) is 4.08. The molecular weight excluding hydrogens is 278 g/mol. The van der Waals surface area contributed by atoms with Gasteiger partial charge in [-0.15, -0.1) is 4.40 Å². The van der Waals surface area contributed by atoms with Gasteiger partial charge >= 0.3 is 0 Å². The second kappa shape index (κ2) is 5.62. The predicted molar refractivity (Wildman–Crippen MR) is 77.4 cm³/mol. The maximum absolute atomic E-state index is 11.9. The Hall–Kier alpha value is -1.89. The van der Waals surface area contributed by atoms with Crippen molar-refractivity contribution in [2.45, 2.75) is 31.2 Å². The lowest BCUT2D eigenvalue weighted by molar-refractivity contribution is -0.120. The Labute approximate surface area is 118 Å². The molecule has 20 heavy (non-hydrogen) atoms. The summed E-state index contributed by atoms with van der Waals surface area (Å²) < 4.78 is 27.1. The minimum Gasteiger partial charge on any atom is -0.352 e. The van der Waals surface area contributed by atoms with Crippen LogP contribution in [0.25, 0.3) is 0 Å². The van der Waals surface area contributed by atoms with Gasteiger partial charge < -0.3 is 10.2 Å². The molecule has 0 radical (unpaired) electrons. The largest absolute Gasteiger partial charge is 0.352 e. The number of fused-ring (bicyclic) bond motifs is 1. The number of hydrogen-bond donors (Lipinski definition) is 1. The molecule has 6 nitrogen and oxygen atoms in total. The van der Waals surface area contributed by atoms with Gasteiger partial charge in [-0.05, 0) is 25.5 Å². The maximum atomic E-state index is 11.9. The molecule has 1 unspecified atom stereocenters. The first-order valence-electron chi connectivity index (χ1n) is 6.39. The summed E-state index contributed by atoms with van der Waals surface area (Å²) in [6.07, 6.45) is 2.03. The van der Waals surface area contributed by atoms with Crippen molar-refractivity contribution in [1.82, 2.24) is 5.32 Å². The fourth-order valence-corrected chi connectivity index (χ4v) is 2.91. The third-order valence-corrected chi connectivity index (χ3v) is 4.38. The number of nitrogens with one attached hydrogen (secondary N) is 1. The predicted octanol–water partition coefficient (Wildman–Crippen LogP) is 1.14. The number of hydrogen-bond acceptors (Lipinski definition) is 4. The van der Waals surface area contributed by atoms with Crippen molar-refractivity contribution in [2.24, 2.45) is 4.40 Å². The zero-order valence-electron chi connectivity index (χ0n) is 11.4. The molecule has 0 aromatic heterocycles. The monoisotopic (exact) mass is 295 g/mol. The lowest BCUT2D eigenvalue weighted by Gasteiger charge is -2.25. The molecule has 0 spiro atoms. The van der Waals surface area contributed by atoms with Crippen molar-refractivity contribution in [3.63, 3.8) is 0 Å². The molecule has 7 heteroatoms. The molecular formula is C13H17N3O3S. The Morgan fingerprint density at radius 2 is 2.10 bits per heavy atom. The molecule has 0 saturated carbocycles. The molecule has 2 rings (SSSR count). The molecule has 0 bridgehead atoms. The number of carbonyl (C=O) groups excluding carboxylic acids is 1. The number of para-hydroxylation sites is 1. The van der Waals surface area contributed by atoms with Gasteiger partial charge in [-0.1, -0.05) is 19.1 Å². The molecule has 0 aliphatic carbocycles. The molecule has 1 amide bonds. The van der Waals surface area contributed by atoms with Gasteiger partial charge in [0.15, 0.2) is 0 Å². The van der Waals surface area contributed by atoms with Crippen molar-refractivity contribution in [3.8, 4) is 0 Å². The van der Waals surface area contributed by atoms with Crippen molar-refractivity contribution in [1.29, 1.82) is 0 Å². The lowest BCUT2D eigenvalue weighted by Crippen LogP contribution is -2.41. The third-order valence-electron chi connectivity index (χ3n) is 3.11. The van der Waals surface area contributed by atoms with Crippen LogP contribution in [0.1, 0.15) is 20.3 Å². The molecule has 0 fully saturated rings. The highest BCUT2D eigenvalue weighted by Gasteiger charge is 2.25. The zero-order valence-corrected chi connectivity index (χ0v) is 12.2. The van der Waals surface area contributed by atoms with E-state index in [0.29, 0.717) is 5.69 Å². The summed E-state index contributed by atoms with van der Waals surface area (Å²) in [6, 6.07) is 6.60. The fourth-order valence-electron chi connectivity index (χ4n) is 1.85. The SMILES string of the molecule is CCC(C)NC(=O)CN1C=NS(=O)(=O)c2ccccc21. The quantitative estimate of drug-likeness (QED) is 0.903. The van der Waals surface area contributed by atoms with Crippen LogP contribution in [0.15, 0.2) is 33.6 Å². The average molecular weight is 295 g/mol. The molecule has 1 aliphatic rings. The van der Waals surface area contributed by atoms with Crippen molar-refractivity contribution in [2.75, 3.05) is 11.4 Å². The van der Waals surface area contributed by atoms with Gasteiger partial charge in [0.1, 0.15) is 17.8 Å². The summed E-state index contributed by atoms with van der Waals surface area (Å²) >= 11 is 0. The Balaban J connectivity index is 2.21. The summed E-state index contributed by atoms with van der Waals surface area (Å²) in [5.41, 5.74) is 0.474. The summed E-state index contributed by atoms with van der Waals surface area (Å²) in [5.74, 6) is -0.167. The number of carbonyl (C=O) groups is 1. The van der Waals surface area contributed by atoms with Crippen LogP contribution in [0.4, 0.5) is 5.69 Å². The molecule has 1 atom stereocenters. The normalized spacial score (nSPS) is 17.4. The minimum absolute atomic E-state index is 0.0420. The van der Waals surface area contributed by atoms with E-state index >= 15 is 0 Å². The molecule has 1 aromatic carbocycles. The van der Waals surface area contributed by atoms with E-state index in [0.717, 1.165) is 6.42 Å². The number of rotatable bonds is 4. The van der Waals surface area contributed by atoms with Crippen LogP contribution in [0.2, 0.25) is 0 Å². The first kappa shape index (κ1) is 14.5.